The maximum Gasteiger partial charge on any atom is 0.408 e. The number of rotatable bonds is 6. The Morgan fingerprint density at radius 1 is 1.02 bits per heavy atom. The van der Waals surface area contributed by atoms with Gasteiger partial charge in [0.1, 0.15) is 23.6 Å². The molecule has 0 spiro atoms. The van der Waals surface area contributed by atoms with E-state index < -0.39 is 46.9 Å². The van der Waals surface area contributed by atoms with Crippen molar-refractivity contribution in [2.24, 2.45) is 0 Å². The van der Waals surface area contributed by atoms with Gasteiger partial charge >= 0.3 is 12.1 Å². The van der Waals surface area contributed by atoms with Gasteiger partial charge in [-0.25, -0.2) is 14.0 Å². The number of hydrogen-bond donors (Lipinski definition) is 1. The van der Waals surface area contributed by atoms with E-state index in [2.05, 4.69) is 5.32 Å². The standard InChI is InChI=1S/C33H34FN3O8/c1-33(2,3)45-32(40)35-26-18-27(43-19-28(26)44-31(39)22-10-14-24(15-11-22)37(41)42)30(38)36-17-16-20-6-4-5-7-25(20)29(36)21-8-12-23(34)13-9-21/h4-15,26-29H,16-19H2,1-3H3,(H,35,40)/t26?,27?,28?,29-/m0/s1. The number of alkyl carbamates (subject to hydrolysis) is 1. The summed E-state index contributed by atoms with van der Waals surface area (Å²) in [6, 6.07) is 17.4. The Balaban J connectivity index is 1.37. The number of carbonyl (C=O) groups is 3. The van der Waals surface area contributed by atoms with Crippen molar-refractivity contribution >= 4 is 23.7 Å². The van der Waals surface area contributed by atoms with E-state index in [0.717, 1.165) is 16.7 Å². The maximum atomic E-state index is 14.1. The van der Waals surface area contributed by atoms with Crippen LogP contribution in [0.25, 0.3) is 0 Å². The SMILES string of the molecule is CC(C)(C)OC(=O)NC1CC(C(=O)N2CCc3ccccc3[C@@H]2c2ccc(F)cc2)OCC1OC(=O)c1ccc([N+](=O)[O-])cc1. The molecule has 3 unspecified atom stereocenters. The van der Waals surface area contributed by atoms with Crippen LogP contribution in [-0.4, -0.2) is 64.8 Å². The molecule has 2 aliphatic rings. The molecule has 0 bridgehead atoms. The zero-order chi connectivity index (χ0) is 32.3. The number of hydrogen-bond acceptors (Lipinski definition) is 8. The highest BCUT2D eigenvalue weighted by Gasteiger charge is 2.42. The number of fused-ring (bicyclic) bond motifs is 1. The van der Waals surface area contributed by atoms with Gasteiger partial charge in [-0.3, -0.25) is 14.9 Å². The van der Waals surface area contributed by atoms with Gasteiger partial charge < -0.3 is 24.4 Å². The first-order valence-corrected chi connectivity index (χ1v) is 14.6. The minimum atomic E-state index is -0.993. The van der Waals surface area contributed by atoms with Crippen LogP contribution in [0, 0.1) is 15.9 Å². The van der Waals surface area contributed by atoms with Crippen LogP contribution in [0.5, 0.6) is 0 Å². The first-order chi connectivity index (χ1) is 21.4. The second-order valence-corrected chi connectivity index (χ2v) is 12.0. The van der Waals surface area contributed by atoms with Crippen LogP contribution in [0.4, 0.5) is 14.9 Å². The molecular weight excluding hydrogens is 585 g/mol. The smallest absolute Gasteiger partial charge is 0.408 e. The molecule has 0 aromatic heterocycles. The lowest BCUT2D eigenvalue weighted by Crippen LogP contribution is -2.57. The summed E-state index contributed by atoms with van der Waals surface area (Å²) in [5.74, 6) is -1.49. The molecule has 236 valence electrons. The molecule has 2 heterocycles. The highest BCUT2D eigenvalue weighted by molar-refractivity contribution is 5.90. The number of benzene rings is 3. The summed E-state index contributed by atoms with van der Waals surface area (Å²) in [5, 5.41) is 13.7. The van der Waals surface area contributed by atoms with E-state index in [0.29, 0.717) is 13.0 Å². The number of esters is 1. The lowest BCUT2D eigenvalue weighted by Gasteiger charge is -2.42. The lowest BCUT2D eigenvalue weighted by atomic mass is 9.87. The van der Waals surface area contributed by atoms with Crippen LogP contribution in [-0.2, 0) is 25.4 Å². The summed E-state index contributed by atoms with van der Waals surface area (Å²) in [6.45, 7) is 5.30. The topological polar surface area (TPSA) is 137 Å². The monoisotopic (exact) mass is 619 g/mol. The molecule has 0 aliphatic carbocycles. The molecule has 2 amide bonds. The highest BCUT2D eigenvalue weighted by atomic mass is 19.1. The van der Waals surface area contributed by atoms with E-state index in [1.807, 2.05) is 24.3 Å². The Bertz CT molecular complexity index is 1570. The number of non-ortho nitro benzene ring substituents is 1. The van der Waals surface area contributed by atoms with Gasteiger partial charge in [0.2, 0.25) is 0 Å². The zero-order valence-corrected chi connectivity index (χ0v) is 25.1. The Morgan fingerprint density at radius 2 is 1.71 bits per heavy atom. The molecule has 0 radical (unpaired) electrons. The fraction of sp³-hybridized carbons (Fsp3) is 0.364. The average Bonchev–Trinajstić information content (AvgIpc) is 3.00. The Hall–Kier alpha value is -4.84. The summed E-state index contributed by atoms with van der Waals surface area (Å²) in [6.07, 6.45) is -2.15. The lowest BCUT2D eigenvalue weighted by molar-refractivity contribution is -0.384. The van der Waals surface area contributed by atoms with Crippen LogP contribution >= 0.6 is 0 Å². The Morgan fingerprint density at radius 3 is 2.38 bits per heavy atom. The number of ether oxygens (including phenoxy) is 3. The van der Waals surface area contributed by atoms with Crippen molar-refractivity contribution in [2.45, 2.75) is 63.5 Å². The van der Waals surface area contributed by atoms with Gasteiger partial charge in [0, 0.05) is 25.1 Å². The summed E-state index contributed by atoms with van der Waals surface area (Å²) >= 11 is 0. The number of nitro benzene ring substituents is 1. The van der Waals surface area contributed by atoms with Crippen LogP contribution in [0.2, 0.25) is 0 Å². The molecule has 4 atom stereocenters. The van der Waals surface area contributed by atoms with Crippen molar-refractivity contribution in [2.75, 3.05) is 13.2 Å². The molecule has 3 aromatic rings. The van der Waals surface area contributed by atoms with Crippen LogP contribution < -0.4 is 5.32 Å². The van der Waals surface area contributed by atoms with Crippen LogP contribution in [0.3, 0.4) is 0 Å². The minimum absolute atomic E-state index is 0.0232. The van der Waals surface area contributed by atoms with E-state index in [4.69, 9.17) is 14.2 Å². The predicted octanol–water partition coefficient (Wildman–Crippen LogP) is 5.12. The maximum absolute atomic E-state index is 14.1. The van der Waals surface area contributed by atoms with Gasteiger partial charge in [-0.05, 0) is 68.1 Å². The van der Waals surface area contributed by atoms with Gasteiger partial charge in [0.15, 0.2) is 0 Å². The first-order valence-electron chi connectivity index (χ1n) is 14.6. The predicted molar refractivity (Wildman–Crippen MR) is 160 cm³/mol. The molecule has 45 heavy (non-hydrogen) atoms. The highest BCUT2D eigenvalue weighted by Crippen LogP contribution is 2.36. The summed E-state index contributed by atoms with van der Waals surface area (Å²) in [7, 11) is 0. The first kappa shape index (κ1) is 31.6. The normalized spacial score (nSPS) is 21.3. The largest absolute Gasteiger partial charge is 0.454 e. The second-order valence-electron chi connectivity index (χ2n) is 12.0. The zero-order valence-electron chi connectivity index (χ0n) is 25.1. The molecular formula is C33H34FN3O8. The number of nitrogens with zero attached hydrogens (tertiary/aromatic N) is 2. The van der Waals surface area contributed by atoms with Gasteiger partial charge in [-0.15, -0.1) is 0 Å². The van der Waals surface area contributed by atoms with Crippen molar-refractivity contribution in [1.82, 2.24) is 10.2 Å². The number of amides is 2. The third kappa shape index (κ3) is 7.46. The van der Waals surface area contributed by atoms with E-state index in [1.54, 1.807) is 37.8 Å². The molecule has 1 saturated heterocycles. The van der Waals surface area contributed by atoms with Crippen molar-refractivity contribution in [3.05, 3.63) is 111 Å². The van der Waals surface area contributed by atoms with Gasteiger partial charge in [0.05, 0.1) is 29.2 Å². The summed E-state index contributed by atoms with van der Waals surface area (Å²) in [4.78, 5) is 52.0. The molecule has 5 rings (SSSR count). The second kappa shape index (κ2) is 13.0. The quantitative estimate of drug-likeness (QED) is 0.228. The third-order valence-corrected chi connectivity index (χ3v) is 7.68. The van der Waals surface area contributed by atoms with Crippen molar-refractivity contribution in [3.8, 4) is 0 Å². The molecule has 0 saturated carbocycles. The molecule has 1 N–H and O–H groups in total. The summed E-state index contributed by atoms with van der Waals surface area (Å²) < 4.78 is 30.9. The fourth-order valence-electron chi connectivity index (χ4n) is 5.59. The Kier molecular flexibility index (Phi) is 9.14. The number of carbonyl (C=O) groups excluding carboxylic acids is 3. The molecule has 11 nitrogen and oxygen atoms in total. The van der Waals surface area contributed by atoms with E-state index >= 15 is 0 Å². The van der Waals surface area contributed by atoms with E-state index in [9.17, 15) is 28.9 Å². The van der Waals surface area contributed by atoms with Crippen molar-refractivity contribution in [3.63, 3.8) is 0 Å². The molecule has 2 aliphatic heterocycles. The third-order valence-electron chi connectivity index (χ3n) is 7.68. The molecule has 3 aromatic carbocycles. The van der Waals surface area contributed by atoms with Crippen LogP contribution in [0.15, 0.2) is 72.8 Å². The average molecular weight is 620 g/mol. The van der Waals surface area contributed by atoms with Crippen molar-refractivity contribution in [1.29, 1.82) is 0 Å². The van der Waals surface area contributed by atoms with E-state index in [-0.39, 0.29) is 36.0 Å². The van der Waals surface area contributed by atoms with E-state index in [1.165, 1.54) is 36.4 Å². The van der Waals surface area contributed by atoms with Gasteiger partial charge in [-0.2, -0.15) is 0 Å². The van der Waals surface area contributed by atoms with Crippen molar-refractivity contribution < 1.29 is 37.9 Å². The molecule has 1 fully saturated rings. The Labute approximate surface area is 259 Å². The van der Waals surface area contributed by atoms with Gasteiger partial charge in [-0.1, -0.05) is 36.4 Å². The molecule has 12 heteroatoms. The number of nitrogens with one attached hydrogen (secondary N) is 1. The number of nitro groups is 1. The van der Waals surface area contributed by atoms with Gasteiger partial charge in [0.25, 0.3) is 11.6 Å². The minimum Gasteiger partial charge on any atom is -0.454 e. The number of halogens is 1. The fourth-order valence-corrected chi connectivity index (χ4v) is 5.59. The van der Waals surface area contributed by atoms with Crippen LogP contribution in [0.1, 0.15) is 60.3 Å². The summed E-state index contributed by atoms with van der Waals surface area (Å²) in [5.41, 5.74) is 1.84.